The number of ketones is 1. The third-order valence-corrected chi connectivity index (χ3v) is 3.61. The van der Waals surface area contributed by atoms with Crippen molar-refractivity contribution < 1.29 is 9.53 Å². The van der Waals surface area contributed by atoms with Crippen molar-refractivity contribution in [3.8, 4) is 5.75 Å². The van der Waals surface area contributed by atoms with Crippen LogP contribution >= 0.6 is 11.3 Å². The predicted molar refractivity (Wildman–Crippen MR) is 73.1 cm³/mol. The molecule has 2 rings (SSSR count). The molecule has 0 unspecified atom stereocenters. The standard InChI is InChI=1S/C13H14N2O2S/c1-8-12(9(2)16)18-13(14-8)15-10-5-4-6-11(7-10)17-3/h4-7H,1-3H3,(H,14,15). The molecule has 0 aliphatic rings. The van der Waals surface area contributed by atoms with Crippen molar-refractivity contribution in [2.24, 2.45) is 0 Å². The topological polar surface area (TPSA) is 51.2 Å². The van der Waals surface area contributed by atoms with E-state index in [2.05, 4.69) is 10.3 Å². The Balaban J connectivity index is 2.23. The van der Waals surface area contributed by atoms with Gasteiger partial charge < -0.3 is 10.1 Å². The minimum atomic E-state index is 0.0451. The summed E-state index contributed by atoms with van der Waals surface area (Å²) in [4.78, 5) is 16.4. The second kappa shape index (κ2) is 5.18. The molecule has 0 atom stereocenters. The molecular weight excluding hydrogens is 248 g/mol. The number of aryl methyl sites for hydroxylation is 1. The molecule has 18 heavy (non-hydrogen) atoms. The molecule has 1 N–H and O–H groups in total. The summed E-state index contributed by atoms with van der Waals surface area (Å²) in [5.41, 5.74) is 1.65. The fourth-order valence-electron chi connectivity index (χ4n) is 1.60. The number of Topliss-reactive ketones (excluding diaryl/α,β-unsaturated/α-hetero) is 1. The van der Waals surface area contributed by atoms with Gasteiger partial charge in [-0.2, -0.15) is 0 Å². The fourth-order valence-corrected chi connectivity index (χ4v) is 2.48. The van der Waals surface area contributed by atoms with E-state index in [0.29, 0.717) is 10.0 Å². The summed E-state index contributed by atoms with van der Waals surface area (Å²) in [6.45, 7) is 3.39. The lowest BCUT2D eigenvalue weighted by Crippen LogP contribution is -1.90. The van der Waals surface area contributed by atoms with Gasteiger partial charge in [-0.25, -0.2) is 4.98 Å². The van der Waals surface area contributed by atoms with E-state index in [4.69, 9.17) is 4.74 Å². The largest absolute Gasteiger partial charge is 0.497 e. The third kappa shape index (κ3) is 2.68. The second-order valence-corrected chi connectivity index (χ2v) is 4.85. The van der Waals surface area contributed by atoms with Gasteiger partial charge in [0, 0.05) is 18.7 Å². The van der Waals surface area contributed by atoms with Gasteiger partial charge in [-0.15, -0.1) is 0 Å². The molecule has 1 heterocycles. The maximum atomic E-state index is 11.4. The molecule has 1 aromatic carbocycles. The van der Waals surface area contributed by atoms with Crippen LogP contribution in [0.2, 0.25) is 0 Å². The molecule has 0 amide bonds. The van der Waals surface area contributed by atoms with Crippen LogP contribution < -0.4 is 10.1 Å². The highest BCUT2D eigenvalue weighted by Crippen LogP contribution is 2.27. The minimum absolute atomic E-state index is 0.0451. The van der Waals surface area contributed by atoms with Gasteiger partial charge in [0.1, 0.15) is 5.75 Å². The number of hydrogen-bond donors (Lipinski definition) is 1. The summed E-state index contributed by atoms with van der Waals surface area (Å²) in [5, 5.41) is 3.88. The normalized spacial score (nSPS) is 10.2. The Hall–Kier alpha value is -1.88. The van der Waals surface area contributed by atoms with E-state index in [1.807, 2.05) is 31.2 Å². The summed E-state index contributed by atoms with van der Waals surface area (Å²) in [6, 6.07) is 7.57. The SMILES string of the molecule is COc1cccc(Nc2nc(C)c(C(C)=O)s2)c1. The van der Waals surface area contributed by atoms with E-state index >= 15 is 0 Å². The molecule has 0 fully saturated rings. The number of carbonyl (C=O) groups excluding carboxylic acids is 1. The van der Waals surface area contributed by atoms with Crippen molar-refractivity contribution in [3.05, 3.63) is 34.8 Å². The van der Waals surface area contributed by atoms with E-state index < -0.39 is 0 Å². The first-order chi connectivity index (χ1) is 8.60. The minimum Gasteiger partial charge on any atom is -0.497 e. The maximum absolute atomic E-state index is 11.4. The van der Waals surface area contributed by atoms with Crippen LogP contribution in [0.3, 0.4) is 0 Å². The van der Waals surface area contributed by atoms with Crippen LogP contribution in [0, 0.1) is 6.92 Å². The highest BCUT2D eigenvalue weighted by molar-refractivity contribution is 7.17. The van der Waals surface area contributed by atoms with Crippen molar-refractivity contribution in [2.75, 3.05) is 12.4 Å². The number of carbonyl (C=O) groups is 1. The van der Waals surface area contributed by atoms with Crippen molar-refractivity contribution >= 4 is 27.9 Å². The third-order valence-electron chi connectivity index (χ3n) is 2.44. The molecule has 0 bridgehead atoms. The summed E-state index contributed by atoms with van der Waals surface area (Å²) in [7, 11) is 1.63. The lowest BCUT2D eigenvalue weighted by atomic mass is 10.3. The summed E-state index contributed by atoms with van der Waals surface area (Å²) in [6.07, 6.45) is 0. The molecule has 5 heteroatoms. The number of ether oxygens (including phenoxy) is 1. The first kappa shape index (κ1) is 12.6. The van der Waals surface area contributed by atoms with E-state index in [9.17, 15) is 4.79 Å². The first-order valence-corrected chi connectivity index (χ1v) is 6.31. The number of aromatic nitrogens is 1. The molecule has 0 aliphatic heterocycles. The monoisotopic (exact) mass is 262 g/mol. The number of rotatable bonds is 4. The van der Waals surface area contributed by atoms with Gasteiger partial charge in [0.25, 0.3) is 0 Å². The van der Waals surface area contributed by atoms with Crippen LogP contribution in [0.1, 0.15) is 22.3 Å². The molecule has 4 nitrogen and oxygen atoms in total. The van der Waals surface area contributed by atoms with Crippen LogP contribution in [0.15, 0.2) is 24.3 Å². The van der Waals surface area contributed by atoms with Gasteiger partial charge in [0.2, 0.25) is 0 Å². The summed E-state index contributed by atoms with van der Waals surface area (Å²) in [5.74, 6) is 0.823. The van der Waals surface area contributed by atoms with E-state index in [1.165, 1.54) is 11.3 Å². The van der Waals surface area contributed by atoms with Crippen molar-refractivity contribution in [2.45, 2.75) is 13.8 Å². The smallest absolute Gasteiger partial charge is 0.188 e. The number of hydrogen-bond acceptors (Lipinski definition) is 5. The van der Waals surface area contributed by atoms with Gasteiger partial charge in [-0.05, 0) is 19.1 Å². The Labute approximate surface area is 110 Å². The Kier molecular flexibility index (Phi) is 3.62. The quantitative estimate of drug-likeness (QED) is 0.858. The molecular formula is C13H14N2O2S. The van der Waals surface area contributed by atoms with Gasteiger partial charge in [0.05, 0.1) is 17.7 Å². The number of methoxy groups -OCH3 is 1. The van der Waals surface area contributed by atoms with Crippen LogP contribution in [0.25, 0.3) is 0 Å². The van der Waals surface area contributed by atoms with Crippen molar-refractivity contribution in [1.82, 2.24) is 4.98 Å². The number of nitrogens with one attached hydrogen (secondary N) is 1. The number of anilines is 2. The molecule has 0 radical (unpaired) electrons. The average Bonchev–Trinajstić information content (AvgIpc) is 2.70. The molecule has 0 spiro atoms. The summed E-state index contributed by atoms with van der Waals surface area (Å²) < 4.78 is 5.15. The van der Waals surface area contributed by atoms with Gasteiger partial charge in [-0.3, -0.25) is 4.79 Å². The number of nitrogens with zero attached hydrogens (tertiary/aromatic N) is 1. The average molecular weight is 262 g/mol. The Bertz CT molecular complexity index is 578. The fraction of sp³-hybridized carbons (Fsp3) is 0.231. The van der Waals surface area contributed by atoms with Gasteiger partial charge in [-0.1, -0.05) is 17.4 Å². The van der Waals surface area contributed by atoms with E-state index in [0.717, 1.165) is 17.1 Å². The van der Waals surface area contributed by atoms with Crippen molar-refractivity contribution in [3.63, 3.8) is 0 Å². The van der Waals surface area contributed by atoms with E-state index in [-0.39, 0.29) is 5.78 Å². The molecule has 1 aromatic heterocycles. The number of thiazole rings is 1. The van der Waals surface area contributed by atoms with Crippen LogP contribution in [-0.4, -0.2) is 17.9 Å². The Morgan fingerprint density at radius 1 is 1.44 bits per heavy atom. The van der Waals surface area contributed by atoms with Crippen LogP contribution in [0.5, 0.6) is 5.75 Å². The predicted octanol–water partition coefficient (Wildman–Crippen LogP) is 3.41. The molecule has 2 aromatic rings. The Morgan fingerprint density at radius 3 is 2.83 bits per heavy atom. The highest BCUT2D eigenvalue weighted by atomic mass is 32.1. The van der Waals surface area contributed by atoms with E-state index in [1.54, 1.807) is 14.0 Å². The molecule has 0 saturated heterocycles. The zero-order chi connectivity index (χ0) is 13.1. The lowest BCUT2D eigenvalue weighted by molar-refractivity contribution is 0.102. The molecule has 94 valence electrons. The van der Waals surface area contributed by atoms with Gasteiger partial charge in [0.15, 0.2) is 10.9 Å². The second-order valence-electron chi connectivity index (χ2n) is 3.85. The number of benzene rings is 1. The maximum Gasteiger partial charge on any atom is 0.188 e. The zero-order valence-corrected chi connectivity index (χ0v) is 11.3. The summed E-state index contributed by atoms with van der Waals surface area (Å²) >= 11 is 1.36. The van der Waals surface area contributed by atoms with Crippen molar-refractivity contribution in [1.29, 1.82) is 0 Å². The lowest BCUT2D eigenvalue weighted by Gasteiger charge is -2.04. The zero-order valence-electron chi connectivity index (χ0n) is 10.5. The van der Waals surface area contributed by atoms with Crippen LogP contribution in [0.4, 0.5) is 10.8 Å². The molecule has 0 aliphatic carbocycles. The first-order valence-electron chi connectivity index (χ1n) is 5.49. The van der Waals surface area contributed by atoms with Crippen LogP contribution in [-0.2, 0) is 0 Å². The Morgan fingerprint density at radius 2 is 2.22 bits per heavy atom. The molecule has 0 saturated carbocycles. The van der Waals surface area contributed by atoms with Gasteiger partial charge >= 0.3 is 0 Å². The highest BCUT2D eigenvalue weighted by Gasteiger charge is 2.11.